The van der Waals surface area contributed by atoms with E-state index in [2.05, 4.69) is 4.74 Å². The second-order valence-electron chi connectivity index (χ2n) is 5.93. The molecule has 0 spiro atoms. The first kappa shape index (κ1) is 16.3. The Labute approximate surface area is 119 Å². The zero-order valence-electron chi connectivity index (χ0n) is 12.5. The van der Waals surface area contributed by atoms with Crippen molar-refractivity contribution in [2.45, 2.75) is 39.2 Å². The van der Waals surface area contributed by atoms with Crippen LogP contribution in [0.2, 0.25) is 0 Å². The summed E-state index contributed by atoms with van der Waals surface area (Å²) < 4.78 is 9.93. The molecule has 0 N–H and O–H groups in total. The van der Waals surface area contributed by atoms with E-state index in [9.17, 15) is 9.59 Å². The zero-order valence-corrected chi connectivity index (χ0v) is 12.5. The molecule has 6 heteroatoms. The standard InChI is InChI=1S/C14H22N2O4/c1-14(2,3)20-13(18)16-7-5-10(6-8-16)11(9-15)12(17)19-4/h10-11H,5-8H2,1-4H3. The summed E-state index contributed by atoms with van der Waals surface area (Å²) in [7, 11) is 1.28. The lowest BCUT2D eigenvalue weighted by Crippen LogP contribution is -2.43. The Morgan fingerprint density at radius 3 is 2.25 bits per heavy atom. The van der Waals surface area contributed by atoms with E-state index in [-0.39, 0.29) is 12.0 Å². The van der Waals surface area contributed by atoms with Crippen LogP contribution in [-0.4, -0.2) is 42.8 Å². The Morgan fingerprint density at radius 1 is 1.30 bits per heavy atom. The van der Waals surface area contributed by atoms with Gasteiger partial charge in [-0.2, -0.15) is 5.26 Å². The Kier molecular flexibility index (Phi) is 5.37. The van der Waals surface area contributed by atoms with Gasteiger partial charge in [-0.3, -0.25) is 4.79 Å². The molecular weight excluding hydrogens is 260 g/mol. The van der Waals surface area contributed by atoms with Crippen LogP contribution < -0.4 is 0 Å². The molecule has 1 amide bonds. The molecule has 1 unspecified atom stereocenters. The highest BCUT2D eigenvalue weighted by Crippen LogP contribution is 2.26. The van der Waals surface area contributed by atoms with E-state index in [0.29, 0.717) is 25.9 Å². The van der Waals surface area contributed by atoms with Gasteiger partial charge in [0.25, 0.3) is 0 Å². The van der Waals surface area contributed by atoms with Gasteiger partial charge in [0, 0.05) is 13.1 Å². The summed E-state index contributed by atoms with van der Waals surface area (Å²) in [5.74, 6) is -1.31. The number of esters is 1. The van der Waals surface area contributed by atoms with Crippen molar-refractivity contribution in [1.29, 1.82) is 5.26 Å². The molecule has 6 nitrogen and oxygen atoms in total. The number of carbonyl (C=O) groups excluding carboxylic acids is 2. The van der Waals surface area contributed by atoms with E-state index in [0.717, 1.165) is 0 Å². The van der Waals surface area contributed by atoms with Gasteiger partial charge in [0.15, 0.2) is 0 Å². The van der Waals surface area contributed by atoms with Crippen LogP contribution in [0, 0.1) is 23.2 Å². The van der Waals surface area contributed by atoms with Gasteiger partial charge < -0.3 is 14.4 Å². The van der Waals surface area contributed by atoms with Crippen molar-refractivity contribution >= 4 is 12.1 Å². The Morgan fingerprint density at radius 2 is 1.85 bits per heavy atom. The molecule has 112 valence electrons. The summed E-state index contributed by atoms with van der Waals surface area (Å²) in [6.45, 7) is 6.45. The van der Waals surface area contributed by atoms with Gasteiger partial charge in [0.1, 0.15) is 11.5 Å². The number of hydrogen-bond acceptors (Lipinski definition) is 5. The van der Waals surface area contributed by atoms with Gasteiger partial charge in [-0.1, -0.05) is 0 Å². The van der Waals surface area contributed by atoms with Gasteiger partial charge in [-0.15, -0.1) is 0 Å². The van der Waals surface area contributed by atoms with Crippen molar-refractivity contribution in [3.63, 3.8) is 0 Å². The van der Waals surface area contributed by atoms with Gasteiger partial charge in [-0.25, -0.2) is 4.79 Å². The average molecular weight is 282 g/mol. The van der Waals surface area contributed by atoms with Crippen LogP contribution in [0.15, 0.2) is 0 Å². The maximum Gasteiger partial charge on any atom is 0.410 e. The maximum atomic E-state index is 11.9. The van der Waals surface area contributed by atoms with Crippen molar-refractivity contribution in [2.24, 2.45) is 11.8 Å². The molecule has 1 fully saturated rings. The van der Waals surface area contributed by atoms with Gasteiger partial charge >= 0.3 is 12.1 Å². The molecular formula is C14H22N2O4. The molecule has 1 saturated heterocycles. The quantitative estimate of drug-likeness (QED) is 0.723. The monoisotopic (exact) mass is 282 g/mol. The Bertz CT molecular complexity index is 400. The van der Waals surface area contributed by atoms with E-state index >= 15 is 0 Å². The largest absolute Gasteiger partial charge is 0.468 e. The zero-order chi connectivity index (χ0) is 15.3. The summed E-state index contributed by atoms with van der Waals surface area (Å²) in [6.07, 6.45) is 0.863. The molecule has 1 aliphatic heterocycles. The fourth-order valence-corrected chi connectivity index (χ4v) is 2.22. The molecule has 0 aromatic rings. The molecule has 0 bridgehead atoms. The number of likely N-dealkylation sites (tertiary alicyclic amines) is 1. The molecule has 1 atom stereocenters. The SMILES string of the molecule is COC(=O)C(C#N)C1CCN(C(=O)OC(C)(C)C)CC1. The minimum Gasteiger partial charge on any atom is -0.468 e. The van der Waals surface area contributed by atoms with E-state index in [4.69, 9.17) is 10.00 Å². The average Bonchev–Trinajstić information content (AvgIpc) is 2.38. The minimum absolute atomic E-state index is 0.0638. The number of ether oxygens (including phenoxy) is 2. The Balaban J connectivity index is 2.53. The molecule has 20 heavy (non-hydrogen) atoms. The third-order valence-electron chi connectivity index (χ3n) is 3.26. The van der Waals surface area contributed by atoms with E-state index < -0.39 is 17.5 Å². The molecule has 0 radical (unpaired) electrons. The van der Waals surface area contributed by atoms with Crippen LogP contribution in [0.5, 0.6) is 0 Å². The van der Waals surface area contributed by atoms with Gasteiger partial charge in [-0.05, 0) is 39.5 Å². The second kappa shape index (κ2) is 6.60. The number of nitrogens with zero attached hydrogens (tertiary/aromatic N) is 2. The number of nitriles is 1. The topological polar surface area (TPSA) is 79.6 Å². The molecule has 0 aliphatic carbocycles. The maximum absolute atomic E-state index is 11.9. The number of carbonyl (C=O) groups is 2. The number of piperidine rings is 1. The van der Waals surface area contributed by atoms with Crippen molar-refractivity contribution in [3.8, 4) is 6.07 Å². The van der Waals surface area contributed by atoms with Crippen molar-refractivity contribution in [1.82, 2.24) is 4.90 Å². The second-order valence-corrected chi connectivity index (χ2v) is 5.93. The molecule has 1 heterocycles. The van der Waals surface area contributed by atoms with Crippen molar-refractivity contribution in [2.75, 3.05) is 20.2 Å². The summed E-state index contributed by atoms with van der Waals surface area (Å²) in [5, 5.41) is 9.05. The van der Waals surface area contributed by atoms with Crippen LogP contribution in [0.3, 0.4) is 0 Å². The number of rotatable bonds is 2. The lowest BCUT2D eigenvalue weighted by molar-refractivity contribution is -0.145. The predicted octanol–water partition coefficient (Wildman–Crippen LogP) is 1.95. The van der Waals surface area contributed by atoms with Gasteiger partial charge in [0.2, 0.25) is 0 Å². The predicted molar refractivity (Wildman–Crippen MR) is 71.7 cm³/mol. The lowest BCUT2D eigenvalue weighted by atomic mass is 9.85. The van der Waals surface area contributed by atoms with Crippen LogP contribution >= 0.6 is 0 Å². The highest BCUT2D eigenvalue weighted by Gasteiger charge is 2.34. The number of methoxy groups -OCH3 is 1. The number of amides is 1. The first-order valence-electron chi connectivity index (χ1n) is 6.74. The molecule has 0 aromatic carbocycles. The number of hydrogen-bond donors (Lipinski definition) is 0. The normalized spacial score (nSPS) is 18.1. The fraction of sp³-hybridized carbons (Fsp3) is 0.786. The van der Waals surface area contributed by atoms with E-state index in [1.54, 1.807) is 4.90 Å². The Hall–Kier alpha value is -1.77. The van der Waals surface area contributed by atoms with Crippen LogP contribution in [0.25, 0.3) is 0 Å². The van der Waals surface area contributed by atoms with Crippen molar-refractivity contribution < 1.29 is 19.1 Å². The van der Waals surface area contributed by atoms with Gasteiger partial charge in [0.05, 0.1) is 13.2 Å². The summed E-state index contributed by atoms with van der Waals surface area (Å²) in [4.78, 5) is 25.0. The summed E-state index contributed by atoms with van der Waals surface area (Å²) in [6, 6.07) is 2.00. The van der Waals surface area contributed by atoms with Crippen LogP contribution in [0.4, 0.5) is 4.79 Å². The lowest BCUT2D eigenvalue weighted by Gasteiger charge is -2.34. The van der Waals surface area contributed by atoms with Crippen LogP contribution in [0.1, 0.15) is 33.6 Å². The fourth-order valence-electron chi connectivity index (χ4n) is 2.22. The first-order chi connectivity index (χ1) is 9.28. The summed E-state index contributed by atoms with van der Waals surface area (Å²) in [5.41, 5.74) is -0.519. The molecule has 0 aromatic heterocycles. The first-order valence-corrected chi connectivity index (χ1v) is 6.74. The van der Waals surface area contributed by atoms with E-state index in [1.165, 1.54) is 7.11 Å². The highest BCUT2D eigenvalue weighted by atomic mass is 16.6. The third-order valence-corrected chi connectivity index (χ3v) is 3.26. The molecule has 0 saturated carbocycles. The molecule has 1 rings (SSSR count). The molecule has 1 aliphatic rings. The third kappa shape index (κ3) is 4.41. The minimum atomic E-state index is -0.749. The van der Waals surface area contributed by atoms with E-state index in [1.807, 2.05) is 26.8 Å². The highest BCUT2D eigenvalue weighted by molar-refractivity contribution is 5.75. The summed E-state index contributed by atoms with van der Waals surface area (Å²) >= 11 is 0. The van der Waals surface area contributed by atoms with Crippen LogP contribution in [-0.2, 0) is 14.3 Å². The van der Waals surface area contributed by atoms with Crippen molar-refractivity contribution in [3.05, 3.63) is 0 Å². The smallest absolute Gasteiger partial charge is 0.410 e.